The molecule has 0 radical (unpaired) electrons. The molecular weight excluding hydrogens is 436 g/mol. The first-order valence-corrected chi connectivity index (χ1v) is 13.2. The van der Waals surface area contributed by atoms with Gasteiger partial charge in [0, 0.05) is 44.8 Å². The molecule has 7 nitrogen and oxygen atoms in total. The molecule has 0 unspecified atom stereocenters. The maximum Gasteiger partial charge on any atom is 0.251 e. The van der Waals surface area contributed by atoms with Crippen molar-refractivity contribution >= 4 is 15.9 Å². The summed E-state index contributed by atoms with van der Waals surface area (Å²) in [5, 5.41) is 2.98. The van der Waals surface area contributed by atoms with Crippen molar-refractivity contribution in [1.82, 2.24) is 19.4 Å². The molecule has 2 aliphatic rings. The molecule has 0 aromatic heterocycles. The van der Waals surface area contributed by atoms with Crippen LogP contribution in [0.4, 0.5) is 0 Å². The molecule has 2 aromatic carbocycles. The highest BCUT2D eigenvalue weighted by atomic mass is 32.2. The van der Waals surface area contributed by atoms with Crippen LogP contribution < -0.4 is 5.32 Å². The van der Waals surface area contributed by atoms with E-state index in [1.165, 1.54) is 35.2 Å². The highest BCUT2D eigenvalue weighted by Gasteiger charge is 2.28. The lowest BCUT2D eigenvalue weighted by atomic mass is 10.0. The van der Waals surface area contributed by atoms with Crippen molar-refractivity contribution in [1.29, 1.82) is 0 Å². The van der Waals surface area contributed by atoms with Gasteiger partial charge in [-0.25, -0.2) is 8.42 Å². The maximum absolute atomic E-state index is 13.1. The van der Waals surface area contributed by atoms with Gasteiger partial charge in [-0.1, -0.05) is 36.8 Å². The molecule has 178 valence electrons. The van der Waals surface area contributed by atoms with Crippen LogP contribution in [0, 0.1) is 0 Å². The van der Waals surface area contributed by atoms with Crippen molar-refractivity contribution in [3.63, 3.8) is 0 Å². The number of carbonyl (C=O) groups excluding carboxylic acids is 1. The highest BCUT2D eigenvalue weighted by molar-refractivity contribution is 7.89. The van der Waals surface area contributed by atoms with Crippen LogP contribution in [0.5, 0.6) is 0 Å². The summed E-state index contributed by atoms with van der Waals surface area (Å²) in [6, 6.07) is 14.6. The summed E-state index contributed by atoms with van der Waals surface area (Å²) in [6.45, 7) is 5.88. The number of nitrogens with one attached hydrogen (secondary N) is 1. The molecule has 0 saturated carbocycles. The minimum Gasteiger partial charge on any atom is -0.348 e. The Morgan fingerprint density at radius 2 is 1.58 bits per heavy atom. The Morgan fingerprint density at radius 1 is 0.879 bits per heavy atom. The van der Waals surface area contributed by atoms with E-state index in [2.05, 4.69) is 21.2 Å². The first-order chi connectivity index (χ1) is 15.9. The number of rotatable bonds is 7. The molecule has 0 aliphatic carbocycles. The number of likely N-dealkylation sites (N-methyl/N-ethyl adjacent to an activating group) is 1. The minimum atomic E-state index is -3.61. The number of piperidine rings is 1. The second-order valence-electron chi connectivity index (χ2n) is 9.02. The van der Waals surface area contributed by atoms with Crippen LogP contribution in [0.2, 0.25) is 0 Å². The topological polar surface area (TPSA) is 73.0 Å². The van der Waals surface area contributed by atoms with Crippen LogP contribution in [0.25, 0.3) is 0 Å². The van der Waals surface area contributed by atoms with Crippen LogP contribution in [-0.2, 0) is 23.1 Å². The van der Waals surface area contributed by atoms with Gasteiger partial charge in [0.1, 0.15) is 0 Å². The van der Waals surface area contributed by atoms with Crippen molar-refractivity contribution in [2.24, 2.45) is 0 Å². The third-order valence-corrected chi connectivity index (χ3v) is 8.49. The molecular formula is C25H34N4O3S. The smallest absolute Gasteiger partial charge is 0.251 e. The zero-order valence-corrected chi connectivity index (χ0v) is 20.2. The number of sulfonamides is 1. The zero-order chi connectivity index (χ0) is 23.3. The van der Waals surface area contributed by atoms with Crippen LogP contribution >= 0.6 is 0 Å². The van der Waals surface area contributed by atoms with Gasteiger partial charge in [0.25, 0.3) is 5.91 Å². The fourth-order valence-corrected chi connectivity index (χ4v) is 5.96. The van der Waals surface area contributed by atoms with Crippen LogP contribution in [0.15, 0.2) is 53.4 Å². The van der Waals surface area contributed by atoms with Crippen LogP contribution in [0.1, 0.15) is 40.7 Å². The lowest BCUT2D eigenvalue weighted by Crippen LogP contribution is -2.47. The molecule has 0 spiro atoms. The molecule has 0 atom stereocenters. The number of amides is 1. The SMILES string of the molecule is CN1CCN(S(=O)(=O)c2cccc(C(=O)NCc3ccccc3CN3CCCCC3)c2)CC1. The summed E-state index contributed by atoms with van der Waals surface area (Å²) in [4.78, 5) is 17.6. The second-order valence-corrected chi connectivity index (χ2v) is 11.0. The first kappa shape index (κ1) is 23.9. The van der Waals surface area contributed by atoms with Gasteiger partial charge in [-0.2, -0.15) is 4.31 Å². The fourth-order valence-electron chi connectivity index (χ4n) is 4.50. The van der Waals surface area contributed by atoms with Crippen molar-refractivity contribution in [2.45, 2.75) is 37.2 Å². The summed E-state index contributed by atoms with van der Waals surface area (Å²) in [6.07, 6.45) is 3.79. The van der Waals surface area contributed by atoms with Gasteiger partial charge < -0.3 is 10.2 Å². The van der Waals surface area contributed by atoms with Crippen molar-refractivity contribution < 1.29 is 13.2 Å². The van der Waals surface area contributed by atoms with E-state index < -0.39 is 10.0 Å². The average Bonchev–Trinajstić information content (AvgIpc) is 2.84. The molecule has 2 aliphatic heterocycles. The predicted molar refractivity (Wildman–Crippen MR) is 129 cm³/mol. The number of benzene rings is 2. The summed E-state index contributed by atoms with van der Waals surface area (Å²) in [5.41, 5.74) is 2.68. The molecule has 4 rings (SSSR count). The van der Waals surface area contributed by atoms with Gasteiger partial charge in [-0.15, -0.1) is 0 Å². The standard InChI is InChI=1S/C25H34N4O3S/c1-27-14-16-29(17-15-27)33(31,32)24-11-7-10-21(18-24)25(30)26-19-22-8-3-4-9-23(22)20-28-12-5-2-6-13-28/h3-4,7-11,18H,2,5-6,12-17,19-20H2,1H3,(H,26,30). The number of hydrogen-bond acceptors (Lipinski definition) is 5. The van der Waals surface area contributed by atoms with Crippen LogP contribution in [-0.4, -0.2) is 74.7 Å². The Balaban J connectivity index is 1.42. The molecule has 1 N–H and O–H groups in total. The third-order valence-electron chi connectivity index (χ3n) is 6.60. The maximum atomic E-state index is 13.1. The van der Waals surface area contributed by atoms with Gasteiger partial charge >= 0.3 is 0 Å². The molecule has 8 heteroatoms. The Hall–Kier alpha value is -2.26. The fraction of sp³-hybridized carbons (Fsp3) is 0.480. The number of hydrogen-bond donors (Lipinski definition) is 1. The molecule has 2 fully saturated rings. The third kappa shape index (κ3) is 6.00. The van der Waals surface area contributed by atoms with E-state index >= 15 is 0 Å². The zero-order valence-electron chi connectivity index (χ0n) is 19.4. The summed E-state index contributed by atoms with van der Waals surface area (Å²) in [7, 11) is -1.62. The summed E-state index contributed by atoms with van der Waals surface area (Å²) >= 11 is 0. The van der Waals surface area contributed by atoms with Crippen molar-refractivity contribution in [3.8, 4) is 0 Å². The molecule has 1 amide bonds. The Bertz CT molecular complexity index is 1060. The van der Waals surface area contributed by atoms with E-state index in [9.17, 15) is 13.2 Å². The molecule has 33 heavy (non-hydrogen) atoms. The van der Waals surface area contributed by atoms with E-state index in [0.29, 0.717) is 38.3 Å². The predicted octanol–water partition coefficient (Wildman–Crippen LogP) is 2.54. The molecule has 0 bridgehead atoms. The summed E-state index contributed by atoms with van der Waals surface area (Å²) in [5.74, 6) is -0.266. The quantitative estimate of drug-likeness (QED) is 0.673. The average molecular weight is 471 g/mol. The van der Waals surface area contributed by atoms with E-state index in [1.807, 2.05) is 25.2 Å². The van der Waals surface area contributed by atoms with Crippen molar-refractivity contribution in [3.05, 3.63) is 65.2 Å². The second kappa shape index (κ2) is 10.8. The number of piperazine rings is 1. The monoisotopic (exact) mass is 470 g/mol. The first-order valence-electron chi connectivity index (χ1n) is 11.8. The van der Waals surface area contributed by atoms with E-state index in [0.717, 1.165) is 25.2 Å². The molecule has 2 saturated heterocycles. The Kier molecular flexibility index (Phi) is 7.80. The van der Waals surface area contributed by atoms with Gasteiger partial charge in [-0.05, 0) is 62.3 Å². The molecule has 2 heterocycles. The largest absolute Gasteiger partial charge is 0.348 e. The van der Waals surface area contributed by atoms with Gasteiger partial charge in [0.05, 0.1) is 4.90 Å². The normalized spacial score (nSPS) is 18.8. The van der Waals surface area contributed by atoms with Crippen molar-refractivity contribution in [2.75, 3.05) is 46.3 Å². The highest BCUT2D eigenvalue weighted by Crippen LogP contribution is 2.20. The Labute approximate surface area is 197 Å². The molecule has 2 aromatic rings. The van der Waals surface area contributed by atoms with Crippen LogP contribution in [0.3, 0.4) is 0 Å². The lowest BCUT2D eigenvalue weighted by molar-refractivity contribution is 0.0950. The summed E-state index contributed by atoms with van der Waals surface area (Å²) < 4.78 is 27.6. The van der Waals surface area contributed by atoms with E-state index in [1.54, 1.807) is 18.2 Å². The number of nitrogens with zero attached hydrogens (tertiary/aromatic N) is 3. The van der Waals surface area contributed by atoms with Gasteiger partial charge in [0.15, 0.2) is 0 Å². The Morgan fingerprint density at radius 3 is 2.30 bits per heavy atom. The minimum absolute atomic E-state index is 0.171. The van der Waals surface area contributed by atoms with Gasteiger partial charge in [0.2, 0.25) is 10.0 Å². The lowest BCUT2D eigenvalue weighted by Gasteiger charge is -2.31. The number of carbonyl (C=O) groups is 1. The number of likely N-dealkylation sites (tertiary alicyclic amines) is 1. The van der Waals surface area contributed by atoms with Gasteiger partial charge in [-0.3, -0.25) is 9.69 Å². The van der Waals surface area contributed by atoms with E-state index in [-0.39, 0.29) is 10.8 Å². The van der Waals surface area contributed by atoms with E-state index in [4.69, 9.17) is 0 Å².